The maximum absolute atomic E-state index is 12.3. The summed E-state index contributed by atoms with van der Waals surface area (Å²) >= 11 is 1.58. The highest BCUT2D eigenvalue weighted by Gasteiger charge is 2.40. The van der Waals surface area contributed by atoms with Gasteiger partial charge in [-0.3, -0.25) is 4.79 Å². The van der Waals surface area contributed by atoms with Gasteiger partial charge >= 0.3 is 0 Å². The molecular formula is C20H25N3O2S. The average molecular weight is 372 g/mol. The maximum Gasteiger partial charge on any atom is 0.226 e. The van der Waals surface area contributed by atoms with E-state index in [4.69, 9.17) is 4.74 Å². The summed E-state index contributed by atoms with van der Waals surface area (Å²) < 4.78 is 5.95. The molecule has 1 unspecified atom stereocenters. The van der Waals surface area contributed by atoms with Gasteiger partial charge in [-0.1, -0.05) is 30.3 Å². The number of rotatable bonds is 5. The molecule has 2 aliphatic heterocycles. The van der Waals surface area contributed by atoms with E-state index in [9.17, 15) is 4.79 Å². The fourth-order valence-electron chi connectivity index (χ4n) is 3.89. The Morgan fingerprint density at radius 1 is 1.31 bits per heavy atom. The van der Waals surface area contributed by atoms with Crippen LogP contribution in [-0.2, 0) is 16.0 Å². The summed E-state index contributed by atoms with van der Waals surface area (Å²) in [6.07, 6.45) is 3.89. The molecule has 2 fully saturated rings. The van der Waals surface area contributed by atoms with Crippen molar-refractivity contribution in [1.82, 2.24) is 15.6 Å². The van der Waals surface area contributed by atoms with E-state index in [0.29, 0.717) is 18.4 Å². The number of ether oxygens (including phenoxy) is 1. The number of hydrogen-bond donors (Lipinski definition) is 2. The van der Waals surface area contributed by atoms with E-state index in [1.807, 2.05) is 35.7 Å². The molecule has 0 aliphatic carbocycles. The van der Waals surface area contributed by atoms with Gasteiger partial charge in [0.15, 0.2) is 0 Å². The molecule has 3 heterocycles. The van der Waals surface area contributed by atoms with Crippen molar-refractivity contribution in [3.63, 3.8) is 0 Å². The van der Waals surface area contributed by atoms with Crippen molar-refractivity contribution < 1.29 is 9.53 Å². The van der Waals surface area contributed by atoms with Gasteiger partial charge in [0.2, 0.25) is 5.91 Å². The smallest absolute Gasteiger partial charge is 0.226 e. The molecule has 4 rings (SSSR count). The first-order chi connectivity index (χ1) is 12.7. The summed E-state index contributed by atoms with van der Waals surface area (Å²) in [5.41, 5.74) is 2.25. The van der Waals surface area contributed by atoms with Crippen molar-refractivity contribution in [3.05, 3.63) is 41.4 Å². The normalized spacial score (nSPS) is 21.8. The summed E-state index contributed by atoms with van der Waals surface area (Å²) in [5.74, 6) is 0.0183. The van der Waals surface area contributed by atoms with Gasteiger partial charge in [-0.15, -0.1) is 11.3 Å². The molecule has 0 radical (unpaired) electrons. The van der Waals surface area contributed by atoms with Gasteiger partial charge in [0.1, 0.15) is 5.01 Å². The van der Waals surface area contributed by atoms with Gasteiger partial charge in [-0.25, -0.2) is 4.98 Å². The van der Waals surface area contributed by atoms with Crippen LogP contribution in [0.2, 0.25) is 0 Å². The molecule has 0 bridgehead atoms. The van der Waals surface area contributed by atoms with Gasteiger partial charge < -0.3 is 15.4 Å². The lowest BCUT2D eigenvalue weighted by atomic mass is 9.77. The molecule has 5 nitrogen and oxygen atoms in total. The van der Waals surface area contributed by atoms with Crippen molar-refractivity contribution in [3.8, 4) is 10.6 Å². The zero-order valence-corrected chi connectivity index (χ0v) is 15.7. The Hall–Kier alpha value is -1.76. The van der Waals surface area contributed by atoms with Crippen LogP contribution < -0.4 is 10.6 Å². The van der Waals surface area contributed by atoms with Crippen LogP contribution in [0.25, 0.3) is 10.6 Å². The van der Waals surface area contributed by atoms with Crippen molar-refractivity contribution in [2.75, 3.05) is 26.2 Å². The second-order valence-electron chi connectivity index (χ2n) is 7.38. The minimum absolute atomic E-state index is 0.0183. The van der Waals surface area contributed by atoms with Crippen LogP contribution in [0, 0.1) is 5.41 Å². The quantitative estimate of drug-likeness (QED) is 0.848. The molecule has 2 N–H and O–H groups in total. The Morgan fingerprint density at radius 3 is 2.92 bits per heavy atom. The molecule has 26 heavy (non-hydrogen) atoms. The SMILES string of the molecule is O=C(Cc1csc(-c2ccccc2)n1)NCC1CC2(CCNCC2)CO1. The summed E-state index contributed by atoms with van der Waals surface area (Å²) in [7, 11) is 0. The standard InChI is InChI=1S/C20H25N3O2S/c24-18(10-16-13-26-19(23-16)15-4-2-1-3-5-15)22-12-17-11-20(14-25-17)6-8-21-9-7-20/h1-5,13,17,21H,6-12,14H2,(H,22,24). The number of carbonyl (C=O) groups excluding carboxylic acids is 1. The molecule has 2 aromatic rings. The van der Waals surface area contributed by atoms with Gasteiger partial charge in [0.25, 0.3) is 0 Å². The molecule has 1 aromatic carbocycles. The van der Waals surface area contributed by atoms with Gasteiger partial charge in [-0.2, -0.15) is 0 Å². The Balaban J connectivity index is 1.25. The van der Waals surface area contributed by atoms with E-state index >= 15 is 0 Å². The number of hydrogen-bond acceptors (Lipinski definition) is 5. The van der Waals surface area contributed by atoms with Crippen LogP contribution in [-0.4, -0.2) is 43.2 Å². The monoisotopic (exact) mass is 371 g/mol. The van der Waals surface area contributed by atoms with Crippen LogP contribution in [0.1, 0.15) is 25.0 Å². The molecule has 138 valence electrons. The fraction of sp³-hybridized carbons (Fsp3) is 0.500. The minimum Gasteiger partial charge on any atom is -0.376 e. The highest BCUT2D eigenvalue weighted by atomic mass is 32.1. The van der Waals surface area contributed by atoms with E-state index < -0.39 is 0 Å². The van der Waals surface area contributed by atoms with Gasteiger partial charge in [0, 0.05) is 17.5 Å². The number of aromatic nitrogens is 1. The Morgan fingerprint density at radius 2 is 2.12 bits per heavy atom. The average Bonchev–Trinajstić information content (AvgIpc) is 3.29. The topological polar surface area (TPSA) is 63.2 Å². The van der Waals surface area contributed by atoms with Crippen molar-refractivity contribution in [2.24, 2.45) is 5.41 Å². The number of thiazole rings is 1. The van der Waals surface area contributed by atoms with Crippen molar-refractivity contribution >= 4 is 17.2 Å². The molecular weight excluding hydrogens is 346 g/mol. The summed E-state index contributed by atoms with van der Waals surface area (Å²) in [6.45, 7) is 3.59. The Kier molecular flexibility index (Phi) is 5.33. The van der Waals surface area contributed by atoms with Gasteiger partial charge in [0.05, 0.1) is 24.8 Å². The lowest BCUT2D eigenvalue weighted by Crippen LogP contribution is -2.38. The minimum atomic E-state index is 0.0183. The second kappa shape index (κ2) is 7.86. The van der Waals surface area contributed by atoms with E-state index in [1.54, 1.807) is 11.3 Å². The largest absolute Gasteiger partial charge is 0.376 e. The van der Waals surface area contributed by atoms with E-state index in [0.717, 1.165) is 42.4 Å². The van der Waals surface area contributed by atoms with Crippen LogP contribution in [0.5, 0.6) is 0 Å². The predicted octanol–water partition coefficient (Wildman–Crippen LogP) is 2.63. The van der Waals surface area contributed by atoms with E-state index in [-0.39, 0.29) is 12.0 Å². The van der Waals surface area contributed by atoms with Crippen LogP contribution in [0.3, 0.4) is 0 Å². The number of nitrogens with zero attached hydrogens (tertiary/aromatic N) is 1. The molecule has 1 aromatic heterocycles. The third-order valence-corrected chi connectivity index (χ3v) is 6.33. The zero-order valence-electron chi connectivity index (χ0n) is 14.9. The zero-order chi connectivity index (χ0) is 17.8. The summed E-state index contributed by atoms with van der Waals surface area (Å²) in [4.78, 5) is 16.9. The Bertz CT molecular complexity index is 741. The molecule has 6 heteroatoms. The summed E-state index contributed by atoms with van der Waals surface area (Å²) in [6, 6.07) is 10.1. The molecule has 2 saturated heterocycles. The predicted molar refractivity (Wildman–Crippen MR) is 103 cm³/mol. The first kappa shape index (κ1) is 17.6. The Labute approximate surface area is 158 Å². The first-order valence-electron chi connectivity index (χ1n) is 9.31. The van der Waals surface area contributed by atoms with E-state index in [1.165, 1.54) is 12.8 Å². The second-order valence-corrected chi connectivity index (χ2v) is 8.24. The van der Waals surface area contributed by atoms with Crippen LogP contribution in [0.4, 0.5) is 0 Å². The van der Waals surface area contributed by atoms with E-state index in [2.05, 4.69) is 15.6 Å². The highest BCUT2D eigenvalue weighted by molar-refractivity contribution is 7.13. The number of benzene rings is 1. The number of nitrogens with one attached hydrogen (secondary N) is 2. The summed E-state index contributed by atoms with van der Waals surface area (Å²) in [5, 5.41) is 9.37. The fourth-order valence-corrected chi connectivity index (χ4v) is 4.71. The molecule has 1 amide bonds. The van der Waals surface area contributed by atoms with Crippen molar-refractivity contribution in [2.45, 2.75) is 31.8 Å². The molecule has 1 atom stereocenters. The van der Waals surface area contributed by atoms with Crippen molar-refractivity contribution in [1.29, 1.82) is 0 Å². The third-order valence-electron chi connectivity index (χ3n) is 5.39. The van der Waals surface area contributed by atoms with Crippen LogP contribution >= 0.6 is 11.3 Å². The lowest BCUT2D eigenvalue weighted by molar-refractivity contribution is -0.121. The molecule has 1 spiro atoms. The van der Waals surface area contributed by atoms with Crippen LogP contribution in [0.15, 0.2) is 35.7 Å². The number of carbonyl (C=O) groups is 1. The third kappa shape index (κ3) is 4.14. The molecule has 2 aliphatic rings. The number of amides is 1. The molecule has 0 saturated carbocycles. The lowest BCUT2D eigenvalue weighted by Gasteiger charge is -2.32. The maximum atomic E-state index is 12.3. The first-order valence-corrected chi connectivity index (χ1v) is 10.2. The highest BCUT2D eigenvalue weighted by Crippen LogP contribution is 2.40. The number of piperidine rings is 1. The van der Waals surface area contributed by atoms with Gasteiger partial charge in [-0.05, 0) is 37.8 Å².